The van der Waals surface area contributed by atoms with Gasteiger partial charge >= 0.3 is 5.97 Å². The molecule has 0 bridgehead atoms. The maximum atomic E-state index is 12.0. The lowest BCUT2D eigenvalue weighted by atomic mass is 10.1. The zero-order valence-corrected chi connectivity index (χ0v) is 16.7. The molecule has 2 heterocycles. The van der Waals surface area contributed by atoms with Crippen molar-refractivity contribution in [2.75, 3.05) is 12.4 Å². The van der Waals surface area contributed by atoms with E-state index in [0.717, 1.165) is 26.8 Å². The van der Waals surface area contributed by atoms with Crippen LogP contribution >= 0.6 is 15.9 Å². The lowest BCUT2D eigenvalue weighted by Crippen LogP contribution is -2.09. The third kappa shape index (κ3) is 3.83. The second-order valence-electron chi connectivity index (χ2n) is 6.79. The number of fused-ring (bicyclic) bond motifs is 1. The molecule has 0 spiro atoms. The van der Waals surface area contributed by atoms with Gasteiger partial charge in [0.15, 0.2) is 5.69 Å². The smallest absolute Gasteiger partial charge is 0.356 e. The number of ether oxygens (including phenoxy) is 1. The summed E-state index contributed by atoms with van der Waals surface area (Å²) >= 11 is 3.50. The number of nitrogens with one attached hydrogen (secondary N) is 1. The number of hydrogen-bond donors (Lipinski definition) is 1. The van der Waals surface area contributed by atoms with E-state index in [2.05, 4.69) is 37.1 Å². The number of hydrogen-bond acceptors (Lipinski definition) is 5. The van der Waals surface area contributed by atoms with Crippen molar-refractivity contribution in [3.05, 3.63) is 52.4 Å². The number of carbonyl (C=O) groups is 1. The lowest BCUT2D eigenvalue weighted by molar-refractivity contribution is 0.0594. The van der Waals surface area contributed by atoms with Crippen molar-refractivity contribution < 1.29 is 9.53 Å². The highest BCUT2D eigenvalue weighted by molar-refractivity contribution is 9.10. The van der Waals surface area contributed by atoms with Crippen molar-refractivity contribution in [1.82, 2.24) is 14.8 Å². The van der Waals surface area contributed by atoms with Crippen molar-refractivity contribution >= 4 is 38.5 Å². The molecule has 1 aliphatic rings. The molecule has 1 saturated carbocycles. The summed E-state index contributed by atoms with van der Waals surface area (Å²) in [6, 6.07) is 10.1. The predicted octanol–water partition coefficient (Wildman–Crippen LogP) is 4.71. The van der Waals surface area contributed by atoms with Crippen molar-refractivity contribution in [2.24, 2.45) is 0 Å². The van der Waals surface area contributed by atoms with Crippen LogP contribution in [-0.4, -0.2) is 27.8 Å². The minimum Gasteiger partial charge on any atom is -0.464 e. The van der Waals surface area contributed by atoms with Gasteiger partial charge in [-0.1, -0.05) is 28.8 Å². The van der Waals surface area contributed by atoms with Crippen LogP contribution in [0.5, 0.6) is 0 Å². The predicted molar refractivity (Wildman–Crippen MR) is 108 cm³/mol. The molecule has 6 nitrogen and oxygen atoms in total. The Morgan fingerprint density at radius 1 is 1.30 bits per heavy atom. The van der Waals surface area contributed by atoms with Crippen LogP contribution in [0.2, 0.25) is 0 Å². The minimum atomic E-state index is -0.451. The Kier molecular flexibility index (Phi) is 5.11. The highest BCUT2D eigenvalue weighted by atomic mass is 79.9. The third-order valence-corrected chi connectivity index (χ3v) is 5.48. The molecule has 1 aromatic carbocycles. The van der Waals surface area contributed by atoms with Crippen molar-refractivity contribution in [3.63, 3.8) is 0 Å². The highest BCUT2D eigenvalue weighted by Crippen LogP contribution is 2.29. The molecule has 0 saturated heterocycles. The first-order chi connectivity index (χ1) is 13.1. The largest absolute Gasteiger partial charge is 0.464 e. The topological polar surface area (TPSA) is 69.0 Å². The van der Waals surface area contributed by atoms with E-state index in [1.54, 1.807) is 6.07 Å². The molecule has 27 heavy (non-hydrogen) atoms. The number of methoxy groups -OCH3 is 1. The summed E-state index contributed by atoms with van der Waals surface area (Å²) in [6.45, 7) is 0.575. The van der Waals surface area contributed by atoms with Crippen molar-refractivity contribution in [3.8, 4) is 0 Å². The van der Waals surface area contributed by atoms with Crippen LogP contribution in [0.3, 0.4) is 0 Å². The summed E-state index contributed by atoms with van der Waals surface area (Å²) in [6.07, 6.45) is 7.05. The molecule has 1 fully saturated rings. The summed E-state index contributed by atoms with van der Waals surface area (Å²) in [5, 5.41) is 9.06. The number of carbonyl (C=O) groups excluding carboxylic acids is 1. The van der Waals surface area contributed by atoms with Gasteiger partial charge in [0.1, 0.15) is 0 Å². The molecule has 0 atom stereocenters. The summed E-state index contributed by atoms with van der Waals surface area (Å²) in [5.74, 6) is -0.451. The number of anilines is 1. The van der Waals surface area contributed by atoms with Gasteiger partial charge in [-0.05, 0) is 43.2 Å². The van der Waals surface area contributed by atoms with Crippen molar-refractivity contribution in [2.45, 2.75) is 38.3 Å². The van der Waals surface area contributed by atoms with Crippen LogP contribution in [0.1, 0.15) is 47.9 Å². The van der Waals surface area contributed by atoms with Crippen LogP contribution in [0.4, 0.5) is 5.69 Å². The molecule has 7 heteroatoms. The van der Waals surface area contributed by atoms with Crippen LogP contribution in [0.25, 0.3) is 10.9 Å². The highest BCUT2D eigenvalue weighted by Gasteiger charge is 2.18. The molecule has 2 aromatic heterocycles. The normalized spacial score (nSPS) is 14.6. The van der Waals surface area contributed by atoms with E-state index in [9.17, 15) is 4.79 Å². The number of aromatic nitrogens is 3. The standard InChI is InChI=1S/C20H21BrN4O2/c1-27-20(26)19-11-18(16-10-13(21)6-7-17(16)23-19)22-12-14-8-9-25(24-14)15-4-2-3-5-15/h6-11,15H,2-5,12H2,1H3,(H,22,23). The summed E-state index contributed by atoms with van der Waals surface area (Å²) in [5.41, 5.74) is 2.82. The van der Waals surface area contributed by atoms with Gasteiger partial charge in [-0.15, -0.1) is 0 Å². The first-order valence-corrected chi connectivity index (χ1v) is 9.90. The van der Waals surface area contributed by atoms with Gasteiger partial charge in [0.05, 0.1) is 30.9 Å². The Balaban J connectivity index is 1.60. The molecule has 0 aliphatic heterocycles. The van der Waals surface area contributed by atoms with E-state index >= 15 is 0 Å². The zero-order valence-electron chi connectivity index (χ0n) is 15.1. The van der Waals surface area contributed by atoms with E-state index < -0.39 is 5.97 Å². The van der Waals surface area contributed by atoms with E-state index in [4.69, 9.17) is 9.84 Å². The molecule has 1 N–H and O–H groups in total. The lowest BCUT2D eigenvalue weighted by Gasteiger charge is -2.11. The van der Waals surface area contributed by atoms with E-state index in [-0.39, 0.29) is 5.69 Å². The maximum Gasteiger partial charge on any atom is 0.356 e. The minimum absolute atomic E-state index is 0.284. The Morgan fingerprint density at radius 3 is 2.89 bits per heavy atom. The Morgan fingerprint density at radius 2 is 2.11 bits per heavy atom. The average molecular weight is 429 g/mol. The fourth-order valence-corrected chi connectivity index (χ4v) is 3.94. The molecule has 4 rings (SSSR count). The molecule has 0 radical (unpaired) electrons. The van der Waals surface area contributed by atoms with Crippen LogP contribution in [0, 0.1) is 0 Å². The van der Waals surface area contributed by atoms with Gasteiger partial charge in [-0.3, -0.25) is 4.68 Å². The van der Waals surface area contributed by atoms with Gasteiger partial charge in [0, 0.05) is 21.7 Å². The molecule has 3 aromatic rings. The second kappa shape index (κ2) is 7.68. The number of rotatable bonds is 5. The molecule has 1 aliphatic carbocycles. The molecular weight excluding hydrogens is 408 g/mol. The Labute approximate surface area is 166 Å². The van der Waals surface area contributed by atoms with Gasteiger partial charge in [0.25, 0.3) is 0 Å². The van der Waals surface area contributed by atoms with Gasteiger partial charge in [0.2, 0.25) is 0 Å². The zero-order chi connectivity index (χ0) is 18.8. The van der Waals surface area contributed by atoms with Crippen LogP contribution < -0.4 is 5.32 Å². The molecule has 0 amide bonds. The maximum absolute atomic E-state index is 12.0. The molecule has 0 unspecified atom stereocenters. The van der Waals surface area contributed by atoms with E-state index in [0.29, 0.717) is 12.6 Å². The number of halogens is 1. The van der Waals surface area contributed by atoms with E-state index in [1.807, 2.05) is 24.3 Å². The monoisotopic (exact) mass is 428 g/mol. The summed E-state index contributed by atoms with van der Waals surface area (Å²) in [7, 11) is 1.36. The van der Waals surface area contributed by atoms with Crippen LogP contribution in [-0.2, 0) is 11.3 Å². The number of pyridine rings is 1. The summed E-state index contributed by atoms with van der Waals surface area (Å²) < 4.78 is 7.88. The quantitative estimate of drug-likeness (QED) is 0.595. The number of nitrogens with zero attached hydrogens (tertiary/aromatic N) is 3. The Bertz CT molecular complexity index is 979. The average Bonchev–Trinajstić information content (AvgIpc) is 3.37. The van der Waals surface area contributed by atoms with Crippen LogP contribution in [0.15, 0.2) is 41.0 Å². The fourth-order valence-electron chi connectivity index (χ4n) is 3.58. The molecule has 140 valence electrons. The van der Waals surface area contributed by atoms with Gasteiger partial charge in [-0.25, -0.2) is 9.78 Å². The number of esters is 1. The first kappa shape index (κ1) is 18.0. The van der Waals surface area contributed by atoms with E-state index in [1.165, 1.54) is 32.8 Å². The van der Waals surface area contributed by atoms with Crippen molar-refractivity contribution in [1.29, 1.82) is 0 Å². The second-order valence-corrected chi connectivity index (χ2v) is 7.70. The Hall–Kier alpha value is -2.41. The molecular formula is C20H21BrN4O2. The first-order valence-electron chi connectivity index (χ1n) is 9.10. The summed E-state index contributed by atoms with van der Waals surface area (Å²) in [4.78, 5) is 16.4. The number of benzene rings is 1. The fraction of sp³-hybridized carbons (Fsp3) is 0.350. The van der Waals surface area contributed by atoms with Gasteiger partial charge < -0.3 is 10.1 Å². The SMILES string of the molecule is COC(=O)c1cc(NCc2ccn(C3CCCC3)n2)c2cc(Br)ccc2n1. The van der Waals surface area contributed by atoms with Gasteiger partial charge in [-0.2, -0.15) is 5.10 Å². The third-order valence-electron chi connectivity index (χ3n) is 4.99.